The van der Waals surface area contributed by atoms with Crippen molar-refractivity contribution in [1.82, 2.24) is 10.2 Å². The first-order chi connectivity index (χ1) is 24.4. The standard InChI is InChI=1S/C42H50N6.C2H6/c1-4-5-11-39(31(2)45-3)34-14-16-36(17-15-34)47-27-22-37(23-28-47)46-25-20-33(21-26-46)32-12-18-38(19-13-32)48-29-24-40(43)42(48)30-41(44)35-9-7-6-8-10-35;1-2/h4,6-10,12-19,24,29-30,33,37,39,43-45H,1-2,5,11,20-23,25-28H2,3H3;1-2H3/b42-30+,43-40?,44-41?;. The topological polar surface area (TPSA) is 69.5 Å². The van der Waals surface area contributed by atoms with Crippen molar-refractivity contribution >= 4 is 22.8 Å². The average molecular weight is 669 g/mol. The lowest BCUT2D eigenvalue weighted by molar-refractivity contribution is 0.132. The van der Waals surface area contributed by atoms with E-state index in [0.717, 1.165) is 61.7 Å². The van der Waals surface area contributed by atoms with Gasteiger partial charge in [-0.1, -0.05) is 81.1 Å². The number of nitrogens with zero attached hydrogens (tertiary/aromatic N) is 3. The fourth-order valence-electron chi connectivity index (χ4n) is 7.57. The van der Waals surface area contributed by atoms with Gasteiger partial charge in [0.2, 0.25) is 0 Å². The number of hydrogen-bond donors (Lipinski definition) is 3. The molecule has 3 aromatic rings. The first-order valence-corrected chi connectivity index (χ1v) is 18.5. The number of likely N-dealkylation sites (tertiary alicyclic amines) is 1. The molecule has 3 heterocycles. The molecule has 2 fully saturated rings. The Morgan fingerprint density at radius 1 is 0.880 bits per heavy atom. The van der Waals surface area contributed by atoms with Crippen molar-refractivity contribution in [1.29, 1.82) is 10.8 Å². The molecule has 1 unspecified atom stereocenters. The molecule has 50 heavy (non-hydrogen) atoms. The monoisotopic (exact) mass is 668 g/mol. The summed E-state index contributed by atoms with van der Waals surface area (Å²) in [7, 11) is 1.96. The number of piperidine rings is 2. The lowest BCUT2D eigenvalue weighted by Crippen LogP contribution is -2.47. The number of rotatable bonds is 12. The Morgan fingerprint density at radius 2 is 1.52 bits per heavy atom. The van der Waals surface area contributed by atoms with Gasteiger partial charge < -0.3 is 25.4 Å². The van der Waals surface area contributed by atoms with E-state index in [9.17, 15) is 0 Å². The number of hydrogen-bond acceptors (Lipinski definition) is 6. The molecular weight excluding hydrogens is 613 g/mol. The normalized spacial score (nSPS) is 18.5. The van der Waals surface area contributed by atoms with E-state index in [-0.39, 0.29) is 0 Å². The zero-order chi connectivity index (χ0) is 35.5. The first-order valence-electron chi connectivity index (χ1n) is 18.5. The van der Waals surface area contributed by atoms with Crippen LogP contribution in [0.2, 0.25) is 0 Å². The SMILES string of the molecule is C=CCCC(C(=C)NC)c1ccc(N2CCC(N3CCC(c4ccc(N5C=CC(=N)/C5=C\C(=N)c5ccccc5)cc4)CC3)CC2)cc1.CC. The van der Waals surface area contributed by atoms with Gasteiger partial charge in [-0.15, -0.1) is 6.58 Å². The number of benzene rings is 3. The van der Waals surface area contributed by atoms with Crippen molar-refractivity contribution in [2.75, 3.05) is 43.0 Å². The molecule has 0 radical (unpaired) electrons. The van der Waals surface area contributed by atoms with Crippen LogP contribution < -0.4 is 15.1 Å². The molecule has 0 saturated carbocycles. The summed E-state index contributed by atoms with van der Waals surface area (Å²) in [4.78, 5) is 7.33. The van der Waals surface area contributed by atoms with E-state index >= 15 is 0 Å². The molecule has 0 aromatic heterocycles. The molecule has 6 nitrogen and oxygen atoms in total. The molecular formula is C44H56N6. The van der Waals surface area contributed by atoms with Gasteiger partial charge in [0.25, 0.3) is 0 Å². The minimum atomic E-state index is 0.308. The maximum atomic E-state index is 8.56. The van der Waals surface area contributed by atoms with Crippen LogP contribution in [0, 0.1) is 10.8 Å². The van der Waals surface area contributed by atoms with Gasteiger partial charge in [0.1, 0.15) is 0 Å². The van der Waals surface area contributed by atoms with Crippen LogP contribution in [-0.2, 0) is 0 Å². The van der Waals surface area contributed by atoms with Gasteiger partial charge in [0.15, 0.2) is 0 Å². The Morgan fingerprint density at radius 3 is 2.14 bits per heavy atom. The number of allylic oxidation sites excluding steroid dienone is 4. The Hall–Kier alpha value is -4.68. The van der Waals surface area contributed by atoms with Crippen LogP contribution in [0.5, 0.6) is 0 Å². The van der Waals surface area contributed by atoms with Gasteiger partial charge in [-0.25, -0.2) is 0 Å². The van der Waals surface area contributed by atoms with Crippen LogP contribution in [0.1, 0.15) is 80.9 Å². The molecule has 0 spiro atoms. The fourth-order valence-corrected chi connectivity index (χ4v) is 7.57. The van der Waals surface area contributed by atoms with Crippen LogP contribution in [0.25, 0.3) is 0 Å². The second-order valence-electron chi connectivity index (χ2n) is 13.3. The predicted octanol–water partition coefficient (Wildman–Crippen LogP) is 9.65. The maximum absolute atomic E-state index is 8.56. The van der Waals surface area contributed by atoms with E-state index in [2.05, 4.69) is 76.8 Å². The minimum Gasteiger partial charge on any atom is -0.391 e. The molecule has 6 heteroatoms. The molecule has 262 valence electrons. The Bertz CT molecular complexity index is 1640. The average Bonchev–Trinajstić information content (AvgIpc) is 3.55. The largest absolute Gasteiger partial charge is 0.391 e. The summed E-state index contributed by atoms with van der Waals surface area (Å²) in [5.74, 6) is 0.889. The number of likely N-dealkylation sites (N-methyl/N-ethyl adjacent to an activating group) is 1. The van der Waals surface area contributed by atoms with Crippen LogP contribution in [-0.4, -0.2) is 55.6 Å². The zero-order valence-electron chi connectivity index (χ0n) is 30.4. The molecule has 0 amide bonds. The van der Waals surface area contributed by atoms with Gasteiger partial charge in [0, 0.05) is 55.4 Å². The third kappa shape index (κ3) is 8.72. The van der Waals surface area contributed by atoms with Crippen molar-refractivity contribution in [2.24, 2.45) is 0 Å². The summed E-state index contributed by atoms with van der Waals surface area (Å²) in [6.45, 7) is 16.7. The van der Waals surface area contributed by atoms with Crippen LogP contribution in [0.15, 0.2) is 128 Å². The smallest absolute Gasteiger partial charge is 0.0795 e. The number of anilines is 2. The summed E-state index contributed by atoms with van der Waals surface area (Å²) in [5, 5.41) is 20.3. The Balaban J connectivity index is 0.00000239. The van der Waals surface area contributed by atoms with Crippen LogP contribution in [0.4, 0.5) is 11.4 Å². The van der Waals surface area contributed by atoms with Gasteiger partial charge >= 0.3 is 0 Å². The first kappa shape index (κ1) is 36.6. The van der Waals surface area contributed by atoms with Crippen molar-refractivity contribution in [3.8, 4) is 0 Å². The van der Waals surface area contributed by atoms with Crippen molar-refractivity contribution in [2.45, 2.75) is 70.3 Å². The molecule has 3 aliphatic rings. The van der Waals surface area contributed by atoms with Crippen molar-refractivity contribution < 1.29 is 0 Å². The lowest BCUT2D eigenvalue weighted by atomic mass is 9.87. The molecule has 0 aliphatic carbocycles. The van der Waals surface area contributed by atoms with E-state index in [0.29, 0.717) is 29.3 Å². The molecule has 3 aromatic carbocycles. The Labute approximate surface area is 300 Å². The second kappa shape index (κ2) is 17.8. The minimum absolute atomic E-state index is 0.308. The van der Waals surface area contributed by atoms with Gasteiger partial charge in [-0.2, -0.15) is 0 Å². The highest BCUT2D eigenvalue weighted by molar-refractivity contribution is 6.18. The molecule has 3 aliphatic heterocycles. The second-order valence-corrected chi connectivity index (χ2v) is 13.3. The molecule has 6 rings (SSSR count). The quantitative estimate of drug-likeness (QED) is 0.133. The zero-order valence-corrected chi connectivity index (χ0v) is 30.4. The van der Waals surface area contributed by atoms with Gasteiger partial charge in [-0.3, -0.25) is 5.41 Å². The lowest BCUT2D eigenvalue weighted by Gasteiger charge is -2.42. The summed E-state index contributed by atoms with van der Waals surface area (Å²) >= 11 is 0. The summed E-state index contributed by atoms with van der Waals surface area (Å²) in [5.41, 5.74) is 8.57. The predicted molar refractivity (Wildman–Crippen MR) is 214 cm³/mol. The molecule has 3 N–H and O–H groups in total. The highest BCUT2D eigenvalue weighted by atomic mass is 15.2. The highest BCUT2D eigenvalue weighted by Crippen LogP contribution is 2.34. The Kier molecular flexibility index (Phi) is 13.0. The van der Waals surface area contributed by atoms with E-state index in [1.165, 1.54) is 42.5 Å². The summed E-state index contributed by atoms with van der Waals surface area (Å²) < 4.78 is 0. The van der Waals surface area contributed by atoms with Crippen molar-refractivity contribution in [3.05, 3.63) is 145 Å². The van der Waals surface area contributed by atoms with E-state index in [1.54, 1.807) is 12.2 Å². The fraction of sp³-hybridized carbons (Fsp3) is 0.364. The van der Waals surface area contributed by atoms with Crippen LogP contribution in [0.3, 0.4) is 0 Å². The maximum Gasteiger partial charge on any atom is 0.0795 e. The van der Waals surface area contributed by atoms with Crippen LogP contribution >= 0.6 is 0 Å². The van der Waals surface area contributed by atoms with Gasteiger partial charge in [0.05, 0.1) is 17.1 Å². The van der Waals surface area contributed by atoms with Gasteiger partial charge in [-0.05, 0) is 111 Å². The molecule has 1 atom stereocenters. The van der Waals surface area contributed by atoms with Crippen molar-refractivity contribution in [3.63, 3.8) is 0 Å². The highest BCUT2D eigenvalue weighted by Gasteiger charge is 2.29. The molecule has 2 saturated heterocycles. The third-order valence-electron chi connectivity index (χ3n) is 10.5. The molecule has 0 bridgehead atoms. The summed E-state index contributed by atoms with van der Waals surface area (Å²) in [6, 6.07) is 28.4. The van der Waals surface area contributed by atoms with E-state index in [1.807, 2.05) is 68.4 Å². The number of nitrogens with one attached hydrogen (secondary N) is 3. The van der Waals surface area contributed by atoms with E-state index in [4.69, 9.17) is 10.8 Å². The van der Waals surface area contributed by atoms with E-state index < -0.39 is 0 Å². The summed E-state index contributed by atoms with van der Waals surface area (Å²) in [6.07, 6.45) is 14.4. The third-order valence-corrected chi connectivity index (χ3v) is 10.5.